The summed E-state index contributed by atoms with van der Waals surface area (Å²) in [5.41, 5.74) is 2.38. The smallest absolute Gasteiger partial charge is 0.409 e. The Morgan fingerprint density at radius 1 is 0.891 bits per heavy atom. The van der Waals surface area contributed by atoms with E-state index in [1.54, 1.807) is 11.6 Å². The Labute approximate surface area is 269 Å². The van der Waals surface area contributed by atoms with Crippen molar-refractivity contribution in [1.29, 1.82) is 0 Å². The number of imide groups is 1. The first-order chi connectivity index (χ1) is 22.3. The molecule has 2 aromatic rings. The van der Waals surface area contributed by atoms with Crippen molar-refractivity contribution in [3.05, 3.63) is 34.2 Å². The van der Waals surface area contributed by atoms with Gasteiger partial charge in [0.05, 0.1) is 17.1 Å². The minimum Gasteiger partial charge on any atom is -0.448 e. The Morgan fingerprint density at radius 3 is 2.48 bits per heavy atom. The number of benzene rings is 1. The van der Waals surface area contributed by atoms with Gasteiger partial charge in [0.2, 0.25) is 11.8 Å². The molecule has 0 spiro atoms. The van der Waals surface area contributed by atoms with Gasteiger partial charge in [0, 0.05) is 64.9 Å². The lowest BCUT2D eigenvalue weighted by molar-refractivity contribution is -0.135. The fourth-order valence-electron chi connectivity index (χ4n) is 8.42. The predicted molar refractivity (Wildman–Crippen MR) is 171 cm³/mol. The summed E-state index contributed by atoms with van der Waals surface area (Å²) < 4.78 is 15.2. The first kappa shape index (κ1) is 31.4. The van der Waals surface area contributed by atoms with Crippen LogP contribution in [0.25, 0.3) is 11.0 Å². The molecule has 3 unspecified atom stereocenters. The second kappa shape index (κ2) is 13.5. The van der Waals surface area contributed by atoms with Crippen LogP contribution in [0.15, 0.2) is 23.0 Å². The second-order valence-electron chi connectivity index (χ2n) is 14.1. The summed E-state index contributed by atoms with van der Waals surface area (Å²) in [5, 5.41) is 2.36. The monoisotopic (exact) mass is 636 g/mol. The average molecular weight is 637 g/mol. The topological polar surface area (TPSA) is 118 Å². The van der Waals surface area contributed by atoms with E-state index in [1.165, 1.54) is 23.8 Å². The van der Waals surface area contributed by atoms with E-state index >= 15 is 0 Å². The largest absolute Gasteiger partial charge is 0.448 e. The van der Waals surface area contributed by atoms with Crippen molar-refractivity contribution < 1.29 is 23.9 Å². The van der Waals surface area contributed by atoms with Gasteiger partial charge in [0.1, 0.15) is 12.6 Å². The third kappa shape index (κ3) is 6.48. The number of carbonyl (C=O) groups excluding carboxylic acids is 3. The van der Waals surface area contributed by atoms with Crippen LogP contribution in [-0.4, -0.2) is 106 Å². The number of nitrogens with one attached hydrogen (secondary N) is 1. The quantitative estimate of drug-likeness (QED) is 0.440. The molecule has 0 radical (unpaired) electrons. The molecule has 3 atom stereocenters. The number of hydrogen-bond donors (Lipinski definition) is 1. The summed E-state index contributed by atoms with van der Waals surface area (Å²) in [6, 6.07) is 6.45. The number of rotatable bonds is 8. The van der Waals surface area contributed by atoms with Crippen LogP contribution in [0.4, 0.5) is 4.79 Å². The number of aryl methyl sites for hydroxylation is 1. The Morgan fingerprint density at radius 2 is 1.70 bits per heavy atom. The van der Waals surface area contributed by atoms with Crippen LogP contribution in [0, 0.1) is 5.92 Å². The summed E-state index contributed by atoms with van der Waals surface area (Å²) in [4.78, 5) is 56.8. The maximum Gasteiger partial charge on any atom is 0.409 e. The summed E-state index contributed by atoms with van der Waals surface area (Å²) in [7, 11) is 1.73. The van der Waals surface area contributed by atoms with Gasteiger partial charge in [-0.25, -0.2) is 9.59 Å². The summed E-state index contributed by atoms with van der Waals surface area (Å²) in [6.07, 6.45) is 9.52. The maximum atomic E-state index is 13.1. The second-order valence-corrected chi connectivity index (χ2v) is 14.1. The number of piperidine rings is 3. The number of carbonyl (C=O) groups is 3. The Kier molecular flexibility index (Phi) is 9.20. The van der Waals surface area contributed by atoms with Crippen molar-refractivity contribution in [3.8, 4) is 0 Å². The molecule has 1 aromatic heterocycles. The normalized spacial score (nSPS) is 27.0. The van der Waals surface area contributed by atoms with Crippen LogP contribution < -0.4 is 11.0 Å². The van der Waals surface area contributed by atoms with Gasteiger partial charge in [0.25, 0.3) is 0 Å². The average Bonchev–Trinajstić information content (AvgIpc) is 3.75. The molecule has 0 saturated carbocycles. The zero-order chi connectivity index (χ0) is 31.8. The molecule has 12 heteroatoms. The van der Waals surface area contributed by atoms with Crippen LogP contribution in [0.3, 0.4) is 0 Å². The van der Waals surface area contributed by atoms with Crippen LogP contribution in [0.2, 0.25) is 0 Å². The van der Waals surface area contributed by atoms with E-state index in [9.17, 15) is 19.2 Å². The molecule has 0 aliphatic carbocycles. The van der Waals surface area contributed by atoms with E-state index in [0.29, 0.717) is 36.5 Å². The molecule has 1 N–H and O–H groups in total. The third-order valence-corrected chi connectivity index (χ3v) is 11.2. The number of ether oxygens (including phenoxy) is 2. The van der Waals surface area contributed by atoms with Crippen molar-refractivity contribution in [3.63, 3.8) is 0 Å². The van der Waals surface area contributed by atoms with Gasteiger partial charge in [-0.15, -0.1) is 0 Å². The molecular weight excluding hydrogens is 588 g/mol. The summed E-state index contributed by atoms with van der Waals surface area (Å²) in [5.74, 6) is -0.229. The number of imidazole rings is 1. The molecule has 6 heterocycles. The molecular formula is C34H48N6O6. The Hall–Kier alpha value is -3.22. The minimum absolute atomic E-state index is 0.150. The summed E-state index contributed by atoms with van der Waals surface area (Å²) in [6.45, 7) is 6.61. The SMILES string of the molecule is Cn1c(=O)n(C2CCC(=O)NC2=O)c2ccc(CN3CCC(OCC4CCN(C(=O)OCC5CCC6CCCN65)CC4)CC3)cc21. The number of likely N-dealkylation sites (tertiary alicyclic amines) is 2. The molecule has 5 aliphatic rings. The molecule has 46 heavy (non-hydrogen) atoms. The highest BCUT2D eigenvalue weighted by Gasteiger charge is 2.37. The number of hydrogen-bond acceptors (Lipinski definition) is 8. The molecule has 12 nitrogen and oxygen atoms in total. The van der Waals surface area contributed by atoms with E-state index in [-0.39, 0.29) is 30.2 Å². The highest BCUT2D eigenvalue weighted by Crippen LogP contribution is 2.33. The van der Waals surface area contributed by atoms with Gasteiger partial charge >= 0.3 is 11.8 Å². The van der Waals surface area contributed by atoms with E-state index in [0.717, 1.165) is 89.1 Å². The predicted octanol–water partition coefficient (Wildman–Crippen LogP) is 2.77. The Bertz CT molecular complexity index is 1500. The maximum absolute atomic E-state index is 13.1. The van der Waals surface area contributed by atoms with Crippen molar-refractivity contribution in [2.75, 3.05) is 45.9 Å². The third-order valence-electron chi connectivity index (χ3n) is 11.2. The fraction of sp³-hybridized carbons (Fsp3) is 0.706. The standard InChI is InChI=1S/C34H48N6O6/c1-36-30-19-24(4-7-28(30)40(33(36)43)29-8-9-31(41)35-32(29)42)20-37-15-12-27(13-16-37)45-21-23-10-17-38(18-11-23)34(44)46-22-26-6-5-25-3-2-14-39(25)26/h4,7,19,23,25-27,29H,2-3,5-6,8-18,20-22H2,1H3,(H,35,41,42). The van der Waals surface area contributed by atoms with Gasteiger partial charge in [-0.3, -0.25) is 33.8 Å². The number of nitrogens with zero attached hydrogens (tertiary/aromatic N) is 5. The minimum atomic E-state index is -0.674. The van der Waals surface area contributed by atoms with Crippen LogP contribution >= 0.6 is 0 Å². The highest BCUT2D eigenvalue weighted by atomic mass is 16.6. The number of amides is 3. The van der Waals surface area contributed by atoms with Gasteiger partial charge in [-0.1, -0.05) is 6.07 Å². The van der Waals surface area contributed by atoms with Crippen molar-refractivity contribution in [2.45, 2.75) is 95.0 Å². The van der Waals surface area contributed by atoms with Crippen LogP contribution in [-0.2, 0) is 32.7 Å². The van der Waals surface area contributed by atoms with Crippen molar-refractivity contribution in [2.24, 2.45) is 13.0 Å². The van der Waals surface area contributed by atoms with Gasteiger partial charge in [0.15, 0.2) is 0 Å². The van der Waals surface area contributed by atoms with Crippen molar-refractivity contribution >= 4 is 28.9 Å². The molecule has 5 saturated heterocycles. The fourth-order valence-corrected chi connectivity index (χ4v) is 8.42. The molecule has 3 amide bonds. The van der Waals surface area contributed by atoms with Crippen molar-refractivity contribution in [1.82, 2.24) is 29.2 Å². The lowest BCUT2D eigenvalue weighted by Gasteiger charge is -2.35. The van der Waals surface area contributed by atoms with Gasteiger partial charge < -0.3 is 14.4 Å². The van der Waals surface area contributed by atoms with Gasteiger partial charge in [-0.2, -0.15) is 0 Å². The first-order valence-corrected chi connectivity index (χ1v) is 17.4. The lowest BCUT2D eigenvalue weighted by atomic mass is 9.98. The van der Waals surface area contributed by atoms with E-state index in [1.807, 2.05) is 23.1 Å². The molecule has 7 rings (SSSR count). The summed E-state index contributed by atoms with van der Waals surface area (Å²) >= 11 is 0. The zero-order valence-corrected chi connectivity index (χ0v) is 27.0. The molecule has 1 aromatic carbocycles. The molecule has 5 aliphatic heterocycles. The molecule has 0 bridgehead atoms. The van der Waals surface area contributed by atoms with E-state index < -0.39 is 11.9 Å². The van der Waals surface area contributed by atoms with E-state index in [4.69, 9.17) is 9.47 Å². The molecule has 250 valence electrons. The van der Waals surface area contributed by atoms with Crippen LogP contribution in [0.1, 0.15) is 75.8 Å². The Balaban J connectivity index is 0.833. The first-order valence-electron chi connectivity index (χ1n) is 17.4. The highest BCUT2D eigenvalue weighted by molar-refractivity contribution is 6.00. The van der Waals surface area contributed by atoms with Gasteiger partial charge in [-0.05, 0) is 87.9 Å². The number of aromatic nitrogens is 2. The van der Waals surface area contributed by atoms with Crippen LogP contribution in [0.5, 0.6) is 0 Å². The molecule has 5 fully saturated rings. The lowest BCUT2D eigenvalue weighted by Crippen LogP contribution is -2.44. The zero-order valence-electron chi connectivity index (χ0n) is 27.0. The van der Waals surface area contributed by atoms with E-state index in [2.05, 4.69) is 15.1 Å². The number of fused-ring (bicyclic) bond motifs is 2.